The Bertz CT molecular complexity index is 691. The van der Waals surface area contributed by atoms with E-state index in [1.165, 1.54) is 22.5 Å². The number of benzene rings is 1. The van der Waals surface area contributed by atoms with Crippen LogP contribution in [0.4, 0.5) is 0 Å². The molecule has 1 fully saturated rings. The predicted molar refractivity (Wildman–Crippen MR) is 113 cm³/mol. The van der Waals surface area contributed by atoms with Gasteiger partial charge in [0.15, 0.2) is 5.96 Å². The van der Waals surface area contributed by atoms with Gasteiger partial charge in [0, 0.05) is 39.3 Å². The van der Waals surface area contributed by atoms with Crippen molar-refractivity contribution < 1.29 is 8.42 Å². The monoisotopic (exact) mass is 394 g/mol. The molecule has 7 heteroatoms. The molecule has 0 radical (unpaired) electrons. The van der Waals surface area contributed by atoms with Crippen molar-refractivity contribution in [3.8, 4) is 0 Å². The summed E-state index contributed by atoms with van der Waals surface area (Å²) in [6.07, 6.45) is 4.28. The lowest BCUT2D eigenvalue weighted by Gasteiger charge is -2.22. The summed E-state index contributed by atoms with van der Waals surface area (Å²) in [5.41, 5.74) is 1.40. The molecule has 1 aliphatic heterocycles. The molecule has 0 aromatic heterocycles. The average Bonchev–Trinajstić information content (AvgIpc) is 3.09. The van der Waals surface area contributed by atoms with Crippen molar-refractivity contribution in [2.75, 3.05) is 45.5 Å². The number of likely N-dealkylation sites (tertiary alicyclic amines) is 1. The van der Waals surface area contributed by atoms with Gasteiger partial charge in [-0.1, -0.05) is 37.3 Å². The van der Waals surface area contributed by atoms with Crippen LogP contribution in [0.3, 0.4) is 0 Å². The van der Waals surface area contributed by atoms with E-state index in [-0.39, 0.29) is 0 Å². The molecule has 1 saturated heterocycles. The fourth-order valence-electron chi connectivity index (χ4n) is 3.56. The molecule has 1 atom stereocenters. The van der Waals surface area contributed by atoms with Gasteiger partial charge in [-0.15, -0.1) is 0 Å². The molecule has 0 saturated carbocycles. The highest BCUT2D eigenvalue weighted by atomic mass is 32.2. The number of nitrogens with one attached hydrogen (secondary N) is 1. The lowest BCUT2D eigenvalue weighted by molar-refractivity contribution is 0.425. The highest BCUT2D eigenvalue weighted by Crippen LogP contribution is 2.20. The van der Waals surface area contributed by atoms with Gasteiger partial charge in [0.1, 0.15) is 0 Å². The lowest BCUT2D eigenvalue weighted by atomic mass is 9.99. The summed E-state index contributed by atoms with van der Waals surface area (Å²) in [5, 5.41) is 3.39. The third-order valence-electron chi connectivity index (χ3n) is 4.94. The zero-order valence-electron chi connectivity index (χ0n) is 16.9. The first-order valence-corrected chi connectivity index (χ1v) is 11.8. The van der Waals surface area contributed by atoms with Crippen molar-refractivity contribution >= 4 is 16.0 Å². The molecule has 0 bridgehead atoms. The molecule has 0 aliphatic carbocycles. The summed E-state index contributed by atoms with van der Waals surface area (Å²) in [6, 6.07) is 10.7. The molecule has 1 N–H and O–H groups in total. The van der Waals surface area contributed by atoms with Crippen LogP contribution < -0.4 is 5.32 Å². The van der Waals surface area contributed by atoms with Crippen LogP contribution in [-0.4, -0.2) is 69.1 Å². The minimum absolute atomic E-state index is 0.510. The van der Waals surface area contributed by atoms with Crippen LogP contribution in [0.5, 0.6) is 0 Å². The van der Waals surface area contributed by atoms with Gasteiger partial charge >= 0.3 is 0 Å². The number of nitrogens with zero attached hydrogens (tertiary/aromatic N) is 3. The molecule has 1 aromatic rings. The Morgan fingerprint density at radius 1 is 1.30 bits per heavy atom. The Morgan fingerprint density at radius 2 is 2.04 bits per heavy atom. The molecule has 1 aliphatic rings. The minimum atomic E-state index is -3.12. The van der Waals surface area contributed by atoms with Gasteiger partial charge in [0.25, 0.3) is 0 Å². The topological polar surface area (TPSA) is 65.0 Å². The Kier molecular flexibility index (Phi) is 8.57. The van der Waals surface area contributed by atoms with Crippen LogP contribution in [0.25, 0.3) is 0 Å². The van der Waals surface area contributed by atoms with Gasteiger partial charge in [-0.05, 0) is 37.7 Å². The molecule has 0 amide bonds. The van der Waals surface area contributed by atoms with Crippen molar-refractivity contribution in [3.05, 3.63) is 35.9 Å². The Morgan fingerprint density at radius 3 is 2.67 bits per heavy atom. The largest absolute Gasteiger partial charge is 0.357 e. The van der Waals surface area contributed by atoms with Gasteiger partial charge in [-0.25, -0.2) is 12.7 Å². The van der Waals surface area contributed by atoms with Gasteiger partial charge in [-0.3, -0.25) is 4.99 Å². The summed E-state index contributed by atoms with van der Waals surface area (Å²) in [7, 11) is -3.12. The van der Waals surface area contributed by atoms with Crippen LogP contribution >= 0.6 is 0 Å². The molecule has 27 heavy (non-hydrogen) atoms. The zero-order chi connectivity index (χ0) is 19.7. The summed E-state index contributed by atoms with van der Waals surface area (Å²) >= 11 is 0. The zero-order valence-corrected chi connectivity index (χ0v) is 17.7. The molecule has 6 nitrogen and oxygen atoms in total. The standard InChI is InChI=1S/C20H34N4O2S/c1-4-21-20(22-13-9-14-24(5-2)27(3,25)26)23-15-12-19(17-23)16-18-10-7-6-8-11-18/h6-8,10-11,19H,4-5,9,12-17H2,1-3H3,(H,21,22). The fourth-order valence-corrected chi connectivity index (χ4v) is 4.49. The second kappa shape index (κ2) is 10.7. The molecule has 1 aromatic carbocycles. The Labute approximate surface area is 164 Å². The average molecular weight is 395 g/mol. The van der Waals surface area contributed by atoms with E-state index in [4.69, 9.17) is 4.99 Å². The Hall–Kier alpha value is -1.60. The summed E-state index contributed by atoms with van der Waals surface area (Å²) in [5.74, 6) is 1.60. The van der Waals surface area contributed by atoms with Crippen molar-refractivity contribution in [1.82, 2.24) is 14.5 Å². The number of hydrogen-bond acceptors (Lipinski definition) is 3. The van der Waals surface area contributed by atoms with Crippen LogP contribution in [0.15, 0.2) is 35.3 Å². The second-order valence-corrected chi connectivity index (χ2v) is 9.12. The van der Waals surface area contributed by atoms with Gasteiger partial charge in [-0.2, -0.15) is 0 Å². The van der Waals surface area contributed by atoms with Gasteiger partial charge in [0.05, 0.1) is 6.26 Å². The third kappa shape index (κ3) is 7.14. The first-order valence-electron chi connectivity index (χ1n) is 9.96. The van der Waals surface area contributed by atoms with E-state index < -0.39 is 10.0 Å². The van der Waals surface area contributed by atoms with Crippen molar-refractivity contribution in [2.45, 2.75) is 33.1 Å². The Balaban J connectivity index is 1.86. The maximum absolute atomic E-state index is 11.7. The maximum Gasteiger partial charge on any atom is 0.211 e. The molecule has 1 unspecified atom stereocenters. The normalized spacial score (nSPS) is 18.3. The van der Waals surface area contributed by atoms with E-state index in [0.717, 1.165) is 38.4 Å². The minimum Gasteiger partial charge on any atom is -0.357 e. The maximum atomic E-state index is 11.7. The van der Waals surface area contributed by atoms with E-state index >= 15 is 0 Å². The van der Waals surface area contributed by atoms with Crippen molar-refractivity contribution in [1.29, 1.82) is 0 Å². The quantitative estimate of drug-likeness (QED) is 0.396. The van der Waals surface area contributed by atoms with Crippen LogP contribution in [0, 0.1) is 5.92 Å². The van der Waals surface area contributed by atoms with E-state index in [0.29, 0.717) is 25.6 Å². The van der Waals surface area contributed by atoms with E-state index in [2.05, 4.69) is 47.5 Å². The molecule has 0 spiro atoms. The number of sulfonamides is 1. The van der Waals surface area contributed by atoms with E-state index in [1.54, 1.807) is 0 Å². The number of aliphatic imine (C=N–C) groups is 1. The molecular weight excluding hydrogens is 360 g/mol. The highest BCUT2D eigenvalue weighted by Gasteiger charge is 2.25. The molecular formula is C20H34N4O2S. The molecule has 152 valence electrons. The third-order valence-corrected chi connectivity index (χ3v) is 6.32. The smallest absolute Gasteiger partial charge is 0.211 e. The first kappa shape index (κ1) is 21.7. The van der Waals surface area contributed by atoms with Gasteiger partial charge in [0.2, 0.25) is 10.0 Å². The molecule has 2 rings (SSSR count). The van der Waals surface area contributed by atoms with Crippen LogP contribution in [-0.2, 0) is 16.4 Å². The number of guanidine groups is 1. The highest BCUT2D eigenvalue weighted by molar-refractivity contribution is 7.88. The summed E-state index contributed by atoms with van der Waals surface area (Å²) in [6.45, 7) is 8.49. The number of hydrogen-bond donors (Lipinski definition) is 1. The lowest BCUT2D eigenvalue weighted by Crippen LogP contribution is -2.40. The van der Waals surface area contributed by atoms with Crippen molar-refractivity contribution in [3.63, 3.8) is 0 Å². The van der Waals surface area contributed by atoms with E-state index in [9.17, 15) is 8.42 Å². The molecule has 1 heterocycles. The first-order chi connectivity index (χ1) is 12.9. The number of rotatable bonds is 9. The predicted octanol–water partition coefficient (Wildman–Crippen LogP) is 2.19. The van der Waals surface area contributed by atoms with E-state index in [1.807, 2.05) is 6.92 Å². The van der Waals surface area contributed by atoms with Crippen molar-refractivity contribution in [2.24, 2.45) is 10.9 Å². The van der Waals surface area contributed by atoms with Gasteiger partial charge < -0.3 is 10.2 Å². The SMILES string of the molecule is CCNC(=NCCCN(CC)S(C)(=O)=O)N1CCC(Cc2ccccc2)C1. The van der Waals surface area contributed by atoms with Crippen LogP contribution in [0.2, 0.25) is 0 Å². The van der Waals surface area contributed by atoms with Crippen LogP contribution in [0.1, 0.15) is 32.3 Å². The summed E-state index contributed by atoms with van der Waals surface area (Å²) < 4.78 is 24.8. The fraction of sp³-hybridized carbons (Fsp3) is 0.650. The second-order valence-electron chi connectivity index (χ2n) is 7.13. The summed E-state index contributed by atoms with van der Waals surface area (Å²) in [4.78, 5) is 7.07.